The topological polar surface area (TPSA) is 38.5 Å². The number of nitrogens with zero attached hydrogens (tertiary/aromatic N) is 1. The third-order valence-electron chi connectivity index (χ3n) is 2.88. The fourth-order valence-corrected chi connectivity index (χ4v) is 1.69. The molecule has 3 heteroatoms. The van der Waals surface area contributed by atoms with Crippen molar-refractivity contribution in [1.29, 1.82) is 0 Å². The van der Waals surface area contributed by atoms with Crippen LogP contribution in [0.5, 0.6) is 5.75 Å². The lowest BCUT2D eigenvalue weighted by Gasteiger charge is -2.19. The molecule has 0 heterocycles. The van der Waals surface area contributed by atoms with Crippen LogP contribution in [-0.4, -0.2) is 25.6 Å². The first-order valence-electron chi connectivity index (χ1n) is 6.14. The number of nitrogens with two attached hydrogens (primary N) is 1. The third-order valence-corrected chi connectivity index (χ3v) is 2.88. The normalized spacial score (nSPS) is 11.2. The van der Waals surface area contributed by atoms with Crippen LogP contribution in [-0.2, 0) is 6.54 Å². The highest BCUT2D eigenvalue weighted by Crippen LogP contribution is 2.20. The van der Waals surface area contributed by atoms with E-state index in [0.29, 0.717) is 0 Å². The SMILES string of the molecule is COc1ccc(N)c(CN(C)CCC(C)C)c1. The van der Waals surface area contributed by atoms with Crippen molar-refractivity contribution in [2.75, 3.05) is 26.4 Å². The van der Waals surface area contributed by atoms with Crippen LogP contribution in [0.15, 0.2) is 18.2 Å². The molecule has 0 aliphatic carbocycles. The maximum Gasteiger partial charge on any atom is 0.119 e. The lowest BCUT2D eigenvalue weighted by atomic mass is 10.1. The molecule has 1 aromatic rings. The van der Waals surface area contributed by atoms with Gasteiger partial charge in [0.05, 0.1) is 7.11 Å². The molecular formula is C14H24N2O. The van der Waals surface area contributed by atoms with Crippen LogP contribution in [0, 0.1) is 5.92 Å². The number of rotatable bonds is 6. The van der Waals surface area contributed by atoms with Crippen LogP contribution in [0.3, 0.4) is 0 Å². The molecule has 17 heavy (non-hydrogen) atoms. The molecule has 2 N–H and O–H groups in total. The zero-order valence-electron chi connectivity index (χ0n) is 11.4. The van der Waals surface area contributed by atoms with Gasteiger partial charge < -0.3 is 15.4 Å². The number of ether oxygens (including phenoxy) is 1. The second kappa shape index (κ2) is 6.50. The highest BCUT2D eigenvalue weighted by atomic mass is 16.5. The van der Waals surface area contributed by atoms with Crippen molar-refractivity contribution < 1.29 is 4.74 Å². The van der Waals surface area contributed by atoms with Gasteiger partial charge in [-0.3, -0.25) is 0 Å². The molecule has 0 spiro atoms. The molecule has 1 rings (SSSR count). The molecule has 1 aromatic carbocycles. The summed E-state index contributed by atoms with van der Waals surface area (Å²) in [6.45, 7) is 6.45. The van der Waals surface area contributed by atoms with Gasteiger partial charge in [-0.2, -0.15) is 0 Å². The van der Waals surface area contributed by atoms with Crippen molar-refractivity contribution in [2.45, 2.75) is 26.8 Å². The molecule has 0 unspecified atom stereocenters. The minimum atomic E-state index is 0.736. The zero-order chi connectivity index (χ0) is 12.8. The summed E-state index contributed by atoms with van der Waals surface area (Å²) in [5.74, 6) is 1.60. The molecule has 3 nitrogen and oxygen atoms in total. The number of nitrogen functional groups attached to an aromatic ring is 1. The Morgan fingerprint density at radius 1 is 1.35 bits per heavy atom. The van der Waals surface area contributed by atoms with Gasteiger partial charge in [0, 0.05) is 12.2 Å². The van der Waals surface area contributed by atoms with Crippen molar-refractivity contribution in [1.82, 2.24) is 4.90 Å². The quantitative estimate of drug-likeness (QED) is 0.772. The Bertz CT molecular complexity index is 350. The van der Waals surface area contributed by atoms with Crippen LogP contribution in [0.2, 0.25) is 0 Å². The first kappa shape index (κ1) is 13.8. The van der Waals surface area contributed by atoms with Gasteiger partial charge in [0.15, 0.2) is 0 Å². The summed E-state index contributed by atoms with van der Waals surface area (Å²) >= 11 is 0. The molecule has 0 saturated carbocycles. The Morgan fingerprint density at radius 3 is 2.65 bits per heavy atom. The van der Waals surface area contributed by atoms with Gasteiger partial charge in [0.2, 0.25) is 0 Å². The Hall–Kier alpha value is -1.22. The molecule has 0 radical (unpaired) electrons. The summed E-state index contributed by atoms with van der Waals surface area (Å²) in [5, 5.41) is 0. The fraction of sp³-hybridized carbons (Fsp3) is 0.571. The van der Waals surface area contributed by atoms with Gasteiger partial charge in [-0.15, -0.1) is 0 Å². The Labute approximate surface area is 105 Å². The number of hydrogen-bond acceptors (Lipinski definition) is 3. The van der Waals surface area contributed by atoms with E-state index in [1.165, 1.54) is 6.42 Å². The molecule has 0 saturated heterocycles. The minimum Gasteiger partial charge on any atom is -0.497 e. The predicted octanol–water partition coefficient (Wildman–Crippen LogP) is 2.76. The summed E-state index contributed by atoms with van der Waals surface area (Å²) in [7, 11) is 3.80. The number of anilines is 1. The molecule has 0 amide bonds. The zero-order valence-corrected chi connectivity index (χ0v) is 11.4. The van der Waals surface area contributed by atoms with E-state index in [4.69, 9.17) is 10.5 Å². The monoisotopic (exact) mass is 236 g/mol. The first-order chi connectivity index (χ1) is 8.02. The van der Waals surface area contributed by atoms with E-state index in [1.54, 1.807) is 7.11 Å². The van der Waals surface area contributed by atoms with E-state index in [2.05, 4.69) is 25.8 Å². The molecule has 0 bridgehead atoms. The van der Waals surface area contributed by atoms with Gasteiger partial charge in [-0.1, -0.05) is 13.8 Å². The van der Waals surface area contributed by atoms with Crippen LogP contribution < -0.4 is 10.5 Å². The Balaban J connectivity index is 2.60. The highest BCUT2D eigenvalue weighted by molar-refractivity contribution is 5.50. The van der Waals surface area contributed by atoms with Crippen molar-refractivity contribution >= 4 is 5.69 Å². The average Bonchev–Trinajstić information content (AvgIpc) is 2.29. The molecular weight excluding hydrogens is 212 g/mol. The second-order valence-electron chi connectivity index (χ2n) is 4.99. The lowest BCUT2D eigenvalue weighted by Crippen LogP contribution is -2.21. The third kappa shape index (κ3) is 4.65. The lowest BCUT2D eigenvalue weighted by molar-refractivity contribution is 0.303. The number of methoxy groups -OCH3 is 1. The summed E-state index contributed by atoms with van der Waals surface area (Å²) in [5.41, 5.74) is 7.94. The van der Waals surface area contributed by atoms with E-state index in [0.717, 1.165) is 36.0 Å². The molecule has 0 aromatic heterocycles. The summed E-state index contributed by atoms with van der Waals surface area (Å²) in [4.78, 5) is 2.30. The maximum atomic E-state index is 5.97. The summed E-state index contributed by atoms with van der Waals surface area (Å²) in [6.07, 6.45) is 1.21. The van der Waals surface area contributed by atoms with Crippen LogP contribution in [0.4, 0.5) is 5.69 Å². The van der Waals surface area contributed by atoms with Gasteiger partial charge >= 0.3 is 0 Å². The maximum absolute atomic E-state index is 5.97. The summed E-state index contributed by atoms with van der Waals surface area (Å²) < 4.78 is 5.22. The van der Waals surface area contributed by atoms with Gasteiger partial charge in [-0.05, 0) is 49.7 Å². The van der Waals surface area contributed by atoms with E-state index in [-0.39, 0.29) is 0 Å². The predicted molar refractivity (Wildman–Crippen MR) is 73.2 cm³/mol. The van der Waals surface area contributed by atoms with Crippen molar-refractivity contribution in [3.8, 4) is 5.75 Å². The molecule has 0 atom stereocenters. The van der Waals surface area contributed by atoms with Crippen molar-refractivity contribution in [3.63, 3.8) is 0 Å². The highest BCUT2D eigenvalue weighted by Gasteiger charge is 2.06. The van der Waals surface area contributed by atoms with Crippen molar-refractivity contribution in [2.24, 2.45) is 5.92 Å². The second-order valence-corrected chi connectivity index (χ2v) is 4.99. The summed E-state index contributed by atoms with van der Waals surface area (Å²) in [6, 6.07) is 5.82. The van der Waals surface area contributed by atoms with E-state index < -0.39 is 0 Å². The van der Waals surface area contributed by atoms with E-state index >= 15 is 0 Å². The molecule has 0 fully saturated rings. The first-order valence-corrected chi connectivity index (χ1v) is 6.14. The Morgan fingerprint density at radius 2 is 2.06 bits per heavy atom. The van der Waals surface area contributed by atoms with Crippen LogP contribution in [0.1, 0.15) is 25.8 Å². The van der Waals surface area contributed by atoms with Crippen molar-refractivity contribution in [3.05, 3.63) is 23.8 Å². The fourth-order valence-electron chi connectivity index (χ4n) is 1.69. The number of benzene rings is 1. The molecule has 0 aliphatic rings. The van der Waals surface area contributed by atoms with Crippen LogP contribution in [0.25, 0.3) is 0 Å². The largest absolute Gasteiger partial charge is 0.497 e. The standard InChI is InChI=1S/C14H24N2O/c1-11(2)7-8-16(3)10-12-9-13(17-4)5-6-14(12)15/h5-6,9,11H,7-8,10,15H2,1-4H3. The minimum absolute atomic E-state index is 0.736. The smallest absolute Gasteiger partial charge is 0.119 e. The average molecular weight is 236 g/mol. The van der Waals surface area contributed by atoms with E-state index in [9.17, 15) is 0 Å². The van der Waals surface area contributed by atoms with Gasteiger partial charge in [0.1, 0.15) is 5.75 Å². The Kier molecular flexibility index (Phi) is 5.29. The van der Waals surface area contributed by atoms with Crippen LogP contribution >= 0.6 is 0 Å². The van der Waals surface area contributed by atoms with Gasteiger partial charge in [0.25, 0.3) is 0 Å². The number of hydrogen-bond donors (Lipinski definition) is 1. The molecule has 0 aliphatic heterocycles. The van der Waals surface area contributed by atoms with E-state index in [1.807, 2.05) is 18.2 Å². The van der Waals surface area contributed by atoms with Gasteiger partial charge in [-0.25, -0.2) is 0 Å². The molecule has 96 valence electrons.